The molecular formula is C21H24F3N5O2. The predicted molar refractivity (Wildman–Crippen MR) is 113 cm³/mol. The SMILES string of the molecule is CN=C(NCC(=O)Nc1ccc(F)c(F)c1F)N1CCN(c2ccccc2OC)CC1. The summed E-state index contributed by atoms with van der Waals surface area (Å²) in [7, 11) is 3.24. The number of ether oxygens (including phenoxy) is 1. The van der Waals surface area contributed by atoms with E-state index < -0.39 is 29.0 Å². The molecule has 0 atom stereocenters. The van der Waals surface area contributed by atoms with Gasteiger partial charge in [-0.3, -0.25) is 9.79 Å². The van der Waals surface area contributed by atoms with Crippen LogP contribution >= 0.6 is 0 Å². The van der Waals surface area contributed by atoms with E-state index in [9.17, 15) is 18.0 Å². The van der Waals surface area contributed by atoms with Gasteiger partial charge in [0, 0.05) is 33.2 Å². The molecule has 0 spiro atoms. The number of amides is 1. The van der Waals surface area contributed by atoms with Gasteiger partial charge in [0.15, 0.2) is 23.4 Å². The van der Waals surface area contributed by atoms with Crippen molar-refractivity contribution >= 4 is 23.2 Å². The fraction of sp³-hybridized carbons (Fsp3) is 0.333. The Morgan fingerprint density at radius 2 is 1.77 bits per heavy atom. The van der Waals surface area contributed by atoms with Crippen LogP contribution < -0.4 is 20.3 Å². The molecule has 1 aliphatic heterocycles. The summed E-state index contributed by atoms with van der Waals surface area (Å²) in [5.41, 5.74) is 0.589. The van der Waals surface area contributed by atoms with Crippen molar-refractivity contribution in [1.82, 2.24) is 10.2 Å². The van der Waals surface area contributed by atoms with Crippen LogP contribution in [0.2, 0.25) is 0 Å². The van der Waals surface area contributed by atoms with Crippen molar-refractivity contribution in [2.24, 2.45) is 4.99 Å². The molecule has 2 aromatic rings. The zero-order valence-corrected chi connectivity index (χ0v) is 17.3. The average Bonchev–Trinajstić information content (AvgIpc) is 2.80. The van der Waals surface area contributed by atoms with Gasteiger partial charge in [0.05, 0.1) is 25.0 Å². The molecule has 10 heteroatoms. The highest BCUT2D eigenvalue weighted by Crippen LogP contribution is 2.28. The third kappa shape index (κ3) is 5.19. The van der Waals surface area contributed by atoms with Crippen LogP contribution in [0.3, 0.4) is 0 Å². The highest BCUT2D eigenvalue weighted by atomic mass is 19.2. The zero-order valence-electron chi connectivity index (χ0n) is 17.3. The maximum Gasteiger partial charge on any atom is 0.243 e. The minimum Gasteiger partial charge on any atom is -0.495 e. The summed E-state index contributed by atoms with van der Waals surface area (Å²) in [6, 6.07) is 9.51. The number of anilines is 2. The Hall–Kier alpha value is -3.43. The second-order valence-corrected chi connectivity index (χ2v) is 6.82. The molecular weight excluding hydrogens is 411 g/mol. The summed E-state index contributed by atoms with van der Waals surface area (Å²) in [6.07, 6.45) is 0. The Labute approximate surface area is 178 Å². The predicted octanol–water partition coefficient (Wildman–Crippen LogP) is 2.45. The molecule has 1 heterocycles. The molecule has 0 bridgehead atoms. The monoisotopic (exact) mass is 435 g/mol. The third-order valence-electron chi connectivity index (χ3n) is 4.93. The number of carbonyl (C=O) groups is 1. The van der Waals surface area contributed by atoms with Gasteiger partial charge >= 0.3 is 0 Å². The second kappa shape index (κ2) is 10.1. The topological polar surface area (TPSA) is 69.2 Å². The van der Waals surface area contributed by atoms with Crippen molar-refractivity contribution in [3.63, 3.8) is 0 Å². The number of nitrogens with zero attached hydrogens (tertiary/aromatic N) is 3. The van der Waals surface area contributed by atoms with Gasteiger partial charge in [-0.05, 0) is 24.3 Å². The van der Waals surface area contributed by atoms with E-state index in [2.05, 4.69) is 20.5 Å². The number of piperazine rings is 1. The van der Waals surface area contributed by atoms with Gasteiger partial charge in [-0.25, -0.2) is 13.2 Å². The Morgan fingerprint density at radius 3 is 2.45 bits per heavy atom. The first kappa shape index (κ1) is 22.3. The maximum absolute atomic E-state index is 13.7. The third-order valence-corrected chi connectivity index (χ3v) is 4.93. The van der Waals surface area contributed by atoms with E-state index in [1.807, 2.05) is 29.2 Å². The lowest BCUT2D eigenvalue weighted by Crippen LogP contribution is -2.53. The minimum absolute atomic E-state index is 0.210. The number of benzene rings is 2. The summed E-state index contributed by atoms with van der Waals surface area (Å²) < 4.78 is 45.4. The average molecular weight is 435 g/mol. The highest BCUT2D eigenvalue weighted by molar-refractivity contribution is 5.95. The van der Waals surface area contributed by atoms with Crippen molar-refractivity contribution in [3.05, 3.63) is 53.8 Å². The Kier molecular flexibility index (Phi) is 7.22. The van der Waals surface area contributed by atoms with Crippen molar-refractivity contribution in [3.8, 4) is 5.75 Å². The van der Waals surface area contributed by atoms with E-state index in [0.717, 1.165) is 36.7 Å². The fourth-order valence-corrected chi connectivity index (χ4v) is 3.36. The molecule has 31 heavy (non-hydrogen) atoms. The zero-order chi connectivity index (χ0) is 22.4. The van der Waals surface area contributed by atoms with Crippen molar-refractivity contribution < 1.29 is 22.7 Å². The fourth-order valence-electron chi connectivity index (χ4n) is 3.36. The molecule has 0 saturated carbocycles. The van der Waals surface area contributed by atoms with E-state index in [1.54, 1.807) is 14.2 Å². The van der Waals surface area contributed by atoms with Crippen molar-refractivity contribution in [2.45, 2.75) is 0 Å². The Balaban J connectivity index is 1.53. The lowest BCUT2D eigenvalue weighted by Gasteiger charge is -2.38. The van der Waals surface area contributed by atoms with Gasteiger partial charge in [0.2, 0.25) is 5.91 Å². The Bertz CT molecular complexity index is 962. The minimum atomic E-state index is -1.63. The molecule has 2 N–H and O–H groups in total. The molecule has 1 fully saturated rings. The molecule has 0 aliphatic carbocycles. The van der Waals surface area contributed by atoms with Crippen LogP contribution in [-0.4, -0.2) is 63.6 Å². The van der Waals surface area contributed by atoms with Crippen LogP contribution in [0.4, 0.5) is 24.5 Å². The number of carbonyl (C=O) groups excluding carboxylic acids is 1. The summed E-state index contributed by atoms with van der Waals surface area (Å²) >= 11 is 0. The first-order chi connectivity index (χ1) is 14.9. The van der Waals surface area contributed by atoms with Crippen LogP contribution in [0.5, 0.6) is 5.75 Å². The molecule has 166 valence electrons. The van der Waals surface area contributed by atoms with Crippen LogP contribution in [0.25, 0.3) is 0 Å². The second-order valence-electron chi connectivity index (χ2n) is 6.82. The molecule has 3 rings (SSSR count). The number of aliphatic imine (C=N–C) groups is 1. The normalized spacial score (nSPS) is 14.4. The lowest BCUT2D eigenvalue weighted by atomic mass is 10.2. The highest BCUT2D eigenvalue weighted by Gasteiger charge is 2.22. The van der Waals surface area contributed by atoms with Crippen LogP contribution in [-0.2, 0) is 4.79 Å². The first-order valence-corrected chi connectivity index (χ1v) is 9.71. The summed E-state index contributed by atoms with van der Waals surface area (Å²) in [4.78, 5) is 20.5. The molecule has 1 saturated heterocycles. The maximum atomic E-state index is 13.7. The van der Waals surface area contributed by atoms with Gasteiger partial charge < -0.3 is 25.2 Å². The molecule has 1 amide bonds. The van der Waals surface area contributed by atoms with Crippen molar-refractivity contribution in [1.29, 1.82) is 0 Å². The molecule has 0 aromatic heterocycles. The number of hydrogen-bond donors (Lipinski definition) is 2. The molecule has 7 nitrogen and oxygen atoms in total. The summed E-state index contributed by atoms with van der Waals surface area (Å²) in [6.45, 7) is 2.58. The van der Waals surface area contributed by atoms with E-state index in [4.69, 9.17) is 4.74 Å². The van der Waals surface area contributed by atoms with Crippen LogP contribution in [0.1, 0.15) is 0 Å². The van der Waals surface area contributed by atoms with Gasteiger partial charge in [-0.15, -0.1) is 0 Å². The molecule has 2 aromatic carbocycles. The number of halogens is 3. The lowest BCUT2D eigenvalue weighted by molar-refractivity contribution is -0.115. The Morgan fingerprint density at radius 1 is 1.06 bits per heavy atom. The molecule has 1 aliphatic rings. The van der Waals surface area contributed by atoms with Gasteiger partial charge in [-0.2, -0.15) is 0 Å². The van der Waals surface area contributed by atoms with E-state index in [0.29, 0.717) is 19.0 Å². The number of para-hydroxylation sites is 2. The number of methoxy groups -OCH3 is 1. The van der Waals surface area contributed by atoms with Gasteiger partial charge in [-0.1, -0.05) is 12.1 Å². The number of hydrogen-bond acceptors (Lipinski definition) is 4. The summed E-state index contributed by atoms with van der Waals surface area (Å²) in [5.74, 6) is -3.68. The quantitative estimate of drug-likeness (QED) is 0.429. The van der Waals surface area contributed by atoms with Crippen LogP contribution in [0.15, 0.2) is 41.4 Å². The largest absolute Gasteiger partial charge is 0.495 e. The van der Waals surface area contributed by atoms with Crippen molar-refractivity contribution in [2.75, 3.05) is 57.1 Å². The molecule has 0 unspecified atom stereocenters. The van der Waals surface area contributed by atoms with E-state index in [-0.39, 0.29) is 6.54 Å². The number of nitrogens with one attached hydrogen (secondary N) is 2. The number of rotatable bonds is 5. The van der Waals surface area contributed by atoms with Gasteiger partial charge in [0.1, 0.15) is 5.75 Å². The first-order valence-electron chi connectivity index (χ1n) is 9.71. The van der Waals surface area contributed by atoms with Gasteiger partial charge in [0.25, 0.3) is 0 Å². The number of guanidine groups is 1. The standard InChI is InChI=1S/C21H24F3N5O2/c1-25-21(26-13-18(30)27-15-8-7-14(22)19(23)20(15)24)29-11-9-28(10-12-29)16-5-3-4-6-17(16)31-2/h3-8H,9-13H2,1-2H3,(H,25,26)(H,27,30). The van der Waals surface area contributed by atoms with E-state index in [1.165, 1.54) is 0 Å². The summed E-state index contributed by atoms with van der Waals surface area (Å²) in [5, 5.41) is 5.14. The van der Waals surface area contributed by atoms with Crippen LogP contribution in [0, 0.1) is 17.5 Å². The molecule has 0 radical (unpaired) electrons. The van der Waals surface area contributed by atoms with E-state index >= 15 is 0 Å². The smallest absolute Gasteiger partial charge is 0.243 e.